The fourth-order valence-electron chi connectivity index (χ4n) is 4.96. The maximum absolute atomic E-state index is 12.5. The van der Waals surface area contributed by atoms with Gasteiger partial charge in [-0.25, -0.2) is 4.79 Å². The Morgan fingerprint density at radius 3 is 1.21 bits per heavy atom. The van der Waals surface area contributed by atoms with E-state index in [1.165, 1.54) is 33.4 Å². The number of rotatable bonds is 12. The molecule has 38 heavy (non-hydrogen) atoms. The highest BCUT2D eigenvalue weighted by molar-refractivity contribution is 5.59. The van der Waals surface area contributed by atoms with Gasteiger partial charge in [-0.3, -0.25) is 0 Å². The quantitative estimate of drug-likeness (QED) is 0.180. The summed E-state index contributed by atoms with van der Waals surface area (Å²) < 4.78 is 11.0. The van der Waals surface area contributed by atoms with E-state index in [1.54, 1.807) is 0 Å². The molecule has 0 saturated heterocycles. The van der Waals surface area contributed by atoms with Gasteiger partial charge in [0.25, 0.3) is 0 Å². The lowest BCUT2D eigenvalue weighted by molar-refractivity contribution is 0.0524. The molecule has 0 amide bonds. The second-order valence-corrected chi connectivity index (χ2v) is 9.64. The van der Waals surface area contributed by atoms with Crippen LogP contribution >= 0.6 is 0 Å². The molecule has 0 fully saturated rings. The second kappa shape index (κ2) is 14.2. The molecule has 0 bridgehead atoms. The minimum Gasteiger partial charge on any atom is -0.434 e. The number of hydrogen-bond donors (Lipinski definition) is 0. The molecule has 0 radical (unpaired) electrons. The van der Waals surface area contributed by atoms with Crippen LogP contribution in [0, 0.1) is 0 Å². The van der Waals surface area contributed by atoms with Crippen molar-refractivity contribution >= 4 is 6.16 Å². The molecule has 0 heterocycles. The molecule has 4 aromatic carbocycles. The third kappa shape index (κ3) is 7.58. The Morgan fingerprint density at radius 1 is 0.526 bits per heavy atom. The van der Waals surface area contributed by atoms with Crippen LogP contribution in [0.2, 0.25) is 0 Å². The van der Waals surface area contributed by atoms with Gasteiger partial charge in [-0.05, 0) is 59.1 Å². The van der Waals surface area contributed by atoms with Crippen molar-refractivity contribution in [2.24, 2.45) is 0 Å². The van der Waals surface area contributed by atoms with Gasteiger partial charge in [0, 0.05) is 11.8 Å². The summed E-state index contributed by atoms with van der Waals surface area (Å²) in [6.07, 6.45) is 2.81. The summed E-state index contributed by atoms with van der Waals surface area (Å²) >= 11 is 0. The van der Waals surface area contributed by atoms with Crippen molar-refractivity contribution in [2.75, 3.05) is 13.2 Å². The predicted molar refractivity (Wildman–Crippen MR) is 155 cm³/mol. The molecule has 0 aliphatic heterocycles. The van der Waals surface area contributed by atoms with Crippen molar-refractivity contribution in [1.29, 1.82) is 0 Å². The Labute approximate surface area is 227 Å². The summed E-state index contributed by atoms with van der Waals surface area (Å²) in [7, 11) is 0. The van der Waals surface area contributed by atoms with E-state index in [2.05, 4.69) is 111 Å². The number of carbonyl (C=O) groups excluding carboxylic acids is 1. The van der Waals surface area contributed by atoms with Gasteiger partial charge in [0.2, 0.25) is 0 Å². The summed E-state index contributed by atoms with van der Waals surface area (Å²) in [6.45, 7) is 4.92. The van der Waals surface area contributed by atoms with E-state index in [-0.39, 0.29) is 11.8 Å². The molecule has 196 valence electrons. The molecule has 3 heteroatoms. The van der Waals surface area contributed by atoms with Crippen LogP contribution in [0.4, 0.5) is 4.79 Å². The van der Waals surface area contributed by atoms with Gasteiger partial charge in [0.15, 0.2) is 0 Å². The van der Waals surface area contributed by atoms with Crippen LogP contribution in [-0.4, -0.2) is 19.4 Å². The molecule has 0 saturated carbocycles. The second-order valence-electron chi connectivity index (χ2n) is 9.64. The molecule has 4 aromatic rings. The molecule has 2 atom stereocenters. The van der Waals surface area contributed by atoms with Gasteiger partial charge < -0.3 is 9.47 Å². The number of benzene rings is 4. The van der Waals surface area contributed by atoms with Crippen LogP contribution in [0.3, 0.4) is 0 Å². The monoisotopic (exact) mass is 506 g/mol. The van der Waals surface area contributed by atoms with E-state index in [0.29, 0.717) is 26.1 Å². The third-order valence-corrected chi connectivity index (χ3v) is 7.24. The summed E-state index contributed by atoms with van der Waals surface area (Å²) in [6, 6.07) is 38.2. The van der Waals surface area contributed by atoms with Crippen LogP contribution in [0.25, 0.3) is 0 Å². The lowest BCUT2D eigenvalue weighted by atomic mass is 9.88. The SMILES string of the molecule is CCc1ccc(C(CCOC(=O)OCCC(c2ccccc2)c2ccc(CC)cc2)c2ccccc2)cc1. The van der Waals surface area contributed by atoms with Gasteiger partial charge in [0.1, 0.15) is 0 Å². The first-order chi connectivity index (χ1) is 18.7. The normalized spacial score (nSPS) is 12.5. The molecule has 4 rings (SSSR count). The van der Waals surface area contributed by atoms with Crippen LogP contribution in [0.1, 0.15) is 71.9 Å². The Morgan fingerprint density at radius 2 is 0.868 bits per heavy atom. The molecule has 0 N–H and O–H groups in total. The van der Waals surface area contributed by atoms with Gasteiger partial charge >= 0.3 is 6.16 Å². The number of carbonyl (C=O) groups is 1. The standard InChI is InChI=1S/C35H38O3/c1-3-27-15-19-31(20-16-27)33(29-11-7-5-8-12-29)23-25-37-35(36)38-26-24-34(30-13-9-6-10-14-30)32-21-17-28(4-2)18-22-32/h5-22,33-34H,3-4,23-26H2,1-2H3. The van der Waals surface area contributed by atoms with Crippen molar-refractivity contribution in [2.45, 2.75) is 51.4 Å². The third-order valence-electron chi connectivity index (χ3n) is 7.24. The van der Waals surface area contributed by atoms with E-state index in [4.69, 9.17) is 9.47 Å². The van der Waals surface area contributed by atoms with Gasteiger partial charge in [0.05, 0.1) is 13.2 Å². The average Bonchev–Trinajstić information content (AvgIpc) is 2.99. The van der Waals surface area contributed by atoms with Crippen LogP contribution in [0.5, 0.6) is 0 Å². The van der Waals surface area contributed by atoms with Gasteiger partial charge in [-0.2, -0.15) is 0 Å². The minimum atomic E-state index is -0.605. The van der Waals surface area contributed by atoms with Crippen LogP contribution < -0.4 is 0 Å². The van der Waals surface area contributed by atoms with Crippen molar-refractivity contribution < 1.29 is 14.3 Å². The Hall–Kier alpha value is -3.85. The molecule has 0 spiro atoms. The average molecular weight is 507 g/mol. The predicted octanol–water partition coefficient (Wildman–Crippen LogP) is 8.71. The van der Waals surface area contributed by atoms with Crippen molar-refractivity contribution in [3.63, 3.8) is 0 Å². The lowest BCUT2D eigenvalue weighted by Crippen LogP contribution is -2.14. The Kier molecular flexibility index (Phi) is 10.1. The smallest absolute Gasteiger partial charge is 0.434 e. The highest BCUT2D eigenvalue weighted by atomic mass is 16.7. The molecule has 0 aliphatic rings. The molecule has 3 nitrogen and oxygen atoms in total. The van der Waals surface area contributed by atoms with E-state index in [1.807, 2.05) is 12.1 Å². The highest BCUT2D eigenvalue weighted by Gasteiger charge is 2.18. The number of hydrogen-bond acceptors (Lipinski definition) is 3. The molecule has 0 aromatic heterocycles. The summed E-state index contributed by atoms with van der Waals surface area (Å²) in [5, 5.41) is 0. The number of aryl methyl sites for hydroxylation is 2. The van der Waals surface area contributed by atoms with Crippen LogP contribution in [0.15, 0.2) is 109 Å². The maximum atomic E-state index is 12.5. The summed E-state index contributed by atoms with van der Waals surface area (Å²) in [4.78, 5) is 12.5. The fourth-order valence-corrected chi connectivity index (χ4v) is 4.96. The first-order valence-corrected chi connectivity index (χ1v) is 13.7. The maximum Gasteiger partial charge on any atom is 0.508 e. The van der Waals surface area contributed by atoms with Crippen molar-refractivity contribution in [3.8, 4) is 0 Å². The zero-order chi connectivity index (χ0) is 26.6. The van der Waals surface area contributed by atoms with E-state index >= 15 is 0 Å². The summed E-state index contributed by atoms with van der Waals surface area (Å²) in [5.74, 6) is 0.312. The van der Waals surface area contributed by atoms with E-state index in [0.717, 1.165) is 12.8 Å². The minimum absolute atomic E-state index is 0.156. The zero-order valence-corrected chi connectivity index (χ0v) is 22.5. The highest BCUT2D eigenvalue weighted by Crippen LogP contribution is 2.30. The zero-order valence-electron chi connectivity index (χ0n) is 22.5. The first-order valence-electron chi connectivity index (χ1n) is 13.7. The topological polar surface area (TPSA) is 35.5 Å². The van der Waals surface area contributed by atoms with Crippen molar-refractivity contribution in [1.82, 2.24) is 0 Å². The first kappa shape index (κ1) is 27.2. The molecule has 2 unspecified atom stereocenters. The lowest BCUT2D eigenvalue weighted by Gasteiger charge is -2.19. The summed E-state index contributed by atoms with van der Waals surface area (Å²) in [5.41, 5.74) is 7.52. The van der Waals surface area contributed by atoms with Gasteiger partial charge in [-0.1, -0.05) is 123 Å². The largest absolute Gasteiger partial charge is 0.508 e. The molecular formula is C35H38O3. The Bertz CT molecular complexity index is 1130. The molecular weight excluding hydrogens is 468 g/mol. The number of ether oxygens (including phenoxy) is 2. The van der Waals surface area contributed by atoms with Gasteiger partial charge in [-0.15, -0.1) is 0 Å². The van der Waals surface area contributed by atoms with E-state index in [9.17, 15) is 4.79 Å². The fraction of sp³-hybridized carbons (Fsp3) is 0.286. The Balaban J connectivity index is 1.33. The van der Waals surface area contributed by atoms with Crippen LogP contribution in [-0.2, 0) is 22.3 Å². The van der Waals surface area contributed by atoms with E-state index < -0.39 is 6.16 Å². The molecule has 0 aliphatic carbocycles. The van der Waals surface area contributed by atoms with Crippen molar-refractivity contribution in [3.05, 3.63) is 143 Å².